The molecular formula is C18H36N4O10. The zero-order valence-corrected chi connectivity index (χ0v) is 17.5. The highest BCUT2D eigenvalue weighted by Gasteiger charge is 2.48. The molecular weight excluding hydrogens is 432 g/mol. The van der Waals surface area contributed by atoms with Gasteiger partial charge in [0.2, 0.25) is 0 Å². The SMILES string of the molecule is NC[C@@H]1O[C@@H](O[C@H]2C[C@H](N)[C@@H](O[C@@H]3O[C@@H](CN)[C@H](O)[C@@H](O)[C@@H]3O)C[C@@H]2N)[C@@H](O)[C@H](O)[C@H]1O. The zero-order chi connectivity index (χ0) is 23.7. The van der Waals surface area contributed by atoms with Gasteiger partial charge in [-0.2, -0.15) is 0 Å². The van der Waals surface area contributed by atoms with Crippen LogP contribution in [0.1, 0.15) is 12.8 Å². The molecule has 0 amide bonds. The summed E-state index contributed by atoms with van der Waals surface area (Å²) in [5.41, 5.74) is 23.5. The van der Waals surface area contributed by atoms with Crippen molar-refractivity contribution in [3.8, 4) is 0 Å². The van der Waals surface area contributed by atoms with E-state index in [1.807, 2.05) is 0 Å². The third kappa shape index (κ3) is 5.24. The molecule has 1 saturated carbocycles. The first kappa shape index (κ1) is 26.1. The van der Waals surface area contributed by atoms with Crippen LogP contribution in [0.2, 0.25) is 0 Å². The Balaban J connectivity index is 1.59. The Labute approximate surface area is 185 Å². The summed E-state index contributed by atoms with van der Waals surface area (Å²) in [6.07, 6.45) is -14.1. The van der Waals surface area contributed by atoms with Gasteiger partial charge in [-0.15, -0.1) is 0 Å². The molecule has 0 radical (unpaired) electrons. The summed E-state index contributed by atoms with van der Waals surface area (Å²) in [5, 5.41) is 60.2. The molecule has 188 valence electrons. The molecule has 2 aliphatic heterocycles. The van der Waals surface area contributed by atoms with Gasteiger partial charge in [0.05, 0.1) is 12.2 Å². The van der Waals surface area contributed by atoms with Crippen LogP contribution in [-0.2, 0) is 18.9 Å². The van der Waals surface area contributed by atoms with Gasteiger partial charge in [0, 0.05) is 25.2 Å². The lowest BCUT2D eigenvalue weighted by Crippen LogP contribution is -2.64. The van der Waals surface area contributed by atoms with Crippen LogP contribution >= 0.6 is 0 Å². The van der Waals surface area contributed by atoms with Crippen LogP contribution in [0.5, 0.6) is 0 Å². The van der Waals surface area contributed by atoms with E-state index in [0.29, 0.717) is 0 Å². The molecule has 0 unspecified atom stereocenters. The van der Waals surface area contributed by atoms with Crippen molar-refractivity contribution in [2.75, 3.05) is 13.1 Å². The lowest BCUT2D eigenvalue weighted by molar-refractivity contribution is -0.319. The van der Waals surface area contributed by atoms with Crippen molar-refractivity contribution in [1.29, 1.82) is 0 Å². The van der Waals surface area contributed by atoms with E-state index in [1.54, 1.807) is 0 Å². The zero-order valence-electron chi connectivity index (χ0n) is 17.5. The molecule has 0 spiro atoms. The molecule has 0 aromatic rings. The molecule has 3 fully saturated rings. The fraction of sp³-hybridized carbons (Fsp3) is 1.00. The van der Waals surface area contributed by atoms with E-state index in [2.05, 4.69) is 0 Å². The second kappa shape index (κ2) is 10.8. The average Bonchev–Trinajstić information content (AvgIpc) is 2.77. The number of rotatable bonds is 6. The van der Waals surface area contributed by atoms with Gasteiger partial charge in [-0.3, -0.25) is 0 Å². The fourth-order valence-electron chi connectivity index (χ4n) is 4.29. The summed E-state index contributed by atoms with van der Waals surface area (Å²) in [6.45, 7) is -0.184. The van der Waals surface area contributed by atoms with Crippen LogP contribution in [0, 0.1) is 0 Å². The fourth-order valence-corrected chi connectivity index (χ4v) is 4.29. The minimum Gasteiger partial charge on any atom is -0.388 e. The number of hydrogen-bond donors (Lipinski definition) is 10. The Kier molecular flexibility index (Phi) is 8.79. The first-order chi connectivity index (χ1) is 15.1. The summed E-state index contributed by atoms with van der Waals surface area (Å²) >= 11 is 0. The summed E-state index contributed by atoms with van der Waals surface area (Å²) in [5.74, 6) is 0. The third-order valence-corrected chi connectivity index (χ3v) is 6.38. The minimum absolute atomic E-state index is 0.0922. The maximum Gasteiger partial charge on any atom is 0.186 e. The molecule has 14 atom stereocenters. The first-order valence-electron chi connectivity index (χ1n) is 10.7. The topological polar surface area (TPSA) is 262 Å². The summed E-state index contributed by atoms with van der Waals surface area (Å²) in [6, 6.07) is -1.25. The van der Waals surface area contributed by atoms with Gasteiger partial charge in [0.25, 0.3) is 0 Å². The number of ether oxygens (including phenoxy) is 4. The van der Waals surface area contributed by atoms with Crippen LogP contribution in [0.25, 0.3) is 0 Å². The predicted octanol–water partition coefficient (Wildman–Crippen LogP) is -6.26. The van der Waals surface area contributed by atoms with Gasteiger partial charge in [-0.25, -0.2) is 0 Å². The third-order valence-electron chi connectivity index (χ3n) is 6.38. The monoisotopic (exact) mass is 468 g/mol. The maximum atomic E-state index is 10.2. The average molecular weight is 469 g/mol. The number of hydrogen-bond acceptors (Lipinski definition) is 14. The quantitative estimate of drug-likeness (QED) is 0.174. The number of nitrogens with two attached hydrogens (primary N) is 4. The van der Waals surface area contributed by atoms with Crippen molar-refractivity contribution in [2.45, 2.75) is 98.5 Å². The van der Waals surface area contributed by atoms with Gasteiger partial charge in [0.15, 0.2) is 12.6 Å². The first-order valence-corrected chi connectivity index (χ1v) is 10.7. The highest BCUT2D eigenvalue weighted by Crippen LogP contribution is 2.30. The van der Waals surface area contributed by atoms with Crippen molar-refractivity contribution in [1.82, 2.24) is 0 Å². The maximum absolute atomic E-state index is 10.2. The molecule has 3 aliphatic rings. The smallest absolute Gasteiger partial charge is 0.186 e. The van der Waals surface area contributed by atoms with Crippen molar-refractivity contribution in [3.63, 3.8) is 0 Å². The van der Waals surface area contributed by atoms with E-state index in [9.17, 15) is 30.6 Å². The molecule has 14 N–H and O–H groups in total. The Bertz CT molecular complexity index is 554. The highest BCUT2D eigenvalue weighted by atomic mass is 16.7. The summed E-state index contributed by atoms with van der Waals surface area (Å²) < 4.78 is 22.5. The van der Waals surface area contributed by atoms with Crippen LogP contribution in [0.3, 0.4) is 0 Å². The van der Waals surface area contributed by atoms with E-state index in [1.165, 1.54) is 0 Å². The second-order valence-corrected chi connectivity index (χ2v) is 8.65. The largest absolute Gasteiger partial charge is 0.388 e. The van der Waals surface area contributed by atoms with Gasteiger partial charge < -0.3 is 72.5 Å². The lowest BCUT2D eigenvalue weighted by Gasteiger charge is -2.46. The van der Waals surface area contributed by atoms with Gasteiger partial charge in [0.1, 0.15) is 48.8 Å². The van der Waals surface area contributed by atoms with Crippen LogP contribution < -0.4 is 22.9 Å². The highest BCUT2D eigenvalue weighted by molar-refractivity contribution is 4.96. The molecule has 14 nitrogen and oxygen atoms in total. The van der Waals surface area contributed by atoms with Crippen molar-refractivity contribution < 1.29 is 49.6 Å². The summed E-state index contributed by atoms with van der Waals surface area (Å²) in [4.78, 5) is 0. The van der Waals surface area contributed by atoms with Gasteiger partial charge in [-0.1, -0.05) is 0 Å². The van der Waals surface area contributed by atoms with Gasteiger partial charge >= 0.3 is 0 Å². The standard InChI is InChI=1S/C18H36N4O10/c19-3-9-11(23)13(25)15(27)17(31-9)29-7-1-5(21)8(2-6(7)22)30-18-16(28)14(26)12(24)10(4-20)32-18/h5-18,23-28H,1-4,19-22H2/t5-,6-,7-,8-,9-,10-,11-,12-,13+,14+,15-,16-,17+,18+/m0/s1. The predicted molar refractivity (Wildman–Crippen MR) is 106 cm³/mol. The minimum atomic E-state index is -1.52. The van der Waals surface area contributed by atoms with Crippen molar-refractivity contribution in [3.05, 3.63) is 0 Å². The molecule has 2 heterocycles. The van der Waals surface area contributed by atoms with Crippen LogP contribution in [-0.4, -0.2) is 129 Å². The lowest BCUT2D eigenvalue weighted by atomic mass is 9.86. The van der Waals surface area contributed by atoms with Gasteiger partial charge in [-0.05, 0) is 12.8 Å². The van der Waals surface area contributed by atoms with E-state index < -0.39 is 85.7 Å². The Morgan fingerprint density at radius 3 is 1.25 bits per heavy atom. The van der Waals surface area contributed by atoms with E-state index in [-0.39, 0.29) is 25.9 Å². The number of aliphatic hydroxyl groups is 6. The molecule has 2 saturated heterocycles. The number of aliphatic hydroxyl groups excluding tert-OH is 6. The molecule has 0 bridgehead atoms. The Morgan fingerprint density at radius 2 is 0.938 bits per heavy atom. The van der Waals surface area contributed by atoms with Crippen LogP contribution in [0.4, 0.5) is 0 Å². The van der Waals surface area contributed by atoms with E-state index in [0.717, 1.165) is 0 Å². The van der Waals surface area contributed by atoms with E-state index >= 15 is 0 Å². The normalized spacial score (nSPS) is 52.7. The second-order valence-electron chi connectivity index (χ2n) is 8.65. The van der Waals surface area contributed by atoms with Crippen molar-refractivity contribution >= 4 is 0 Å². The molecule has 1 aliphatic carbocycles. The molecule has 0 aromatic heterocycles. The van der Waals surface area contributed by atoms with E-state index in [4.69, 9.17) is 41.9 Å². The molecule has 14 heteroatoms. The van der Waals surface area contributed by atoms with Crippen molar-refractivity contribution in [2.24, 2.45) is 22.9 Å². The molecule has 0 aromatic carbocycles. The molecule has 32 heavy (non-hydrogen) atoms. The Hall–Kier alpha value is -0.560. The Morgan fingerprint density at radius 1 is 0.594 bits per heavy atom. The molecule has 3 rings (SSSR count). The van der Waals surface area contributed by atoms with Crippen LogP contribution in [0.15, 0.2) is 0 Å². The summed E-state index contributed by atoms with van der Waals surface area (Å²) in [7, 11) is 0.